The Balaban J connectivity index is 1.63. The zero-order valence-electron chi connectivity index (χ0n) is 12.8. The van der Waals surface area contributed by atoms with Crippen LogP contribution in [0.1, 0.15) is 19.8 Å². The molecule has 1 unspecified atom stereocenters. The Kier molecular flexibility index (Phi) is 6.86. The molecule has 1 aromatic carbocycles. The number of benzene rings is 1. The lowest BCUT2D eigenvalue weighted by molar-refractivity contribution is 0.0799. The lowest BCUT2D eigenvalue weighted by Crippen LogP contribution is -2.46. The Bertz CT molecular complexity index is 474. The lowest BCUT2D eigenvalue weighted by Gasteiger charge is -2.33. The Labute approximate surface area is 141 Å². The van der Waals surface area contributed by atoms with E-state index in [4.69, 9.17) is 11.6 Å². The smallest absolute Gasteiger partial charge is 0.317 e. The van der Waals surface area contributed by atoms with Crippen molar-refractivity contribution in [3.63, 3.8) is 0 Å². The minimum absolute atomic E-state index is 0.000693. The van der Waals surface area contributed by atoms with Crippen molar-refractivity contribution in [2.75, 3.05) is 25.4 Å². The number of aliphatic hydroxyl groups is 1. The van der Waals surface area contributed by atoms with Gasteiger partial charge in [0.05, 0.1) is 6.10 Å². The summed E-state index contributed by atoms with van der Waals surface area (Å²) in [6.07, 6.45) is 1.48. The second kappa shape index (κ2) is 8.65. The summed E-state index contributed by atoms with van der Waals surface area (Å²) in [5, 5.41) is 13.3. The number of piperidine rings is 1. The summed E-state index contributed by atoms with van der Waals surface area (Å²) in [6, 6.07) is 7.70. The standard InChI is InChI=1S/C16H23ClN2O2S/c1-12(20)13-6-9-19(10-7-13)16(21)18-8-11-22-15-4-2-14(17)3-5-15/h2-5,12-13,20H,6-11H2,1H3,(H,18,21). The number of aliphatic hydroxyl groups excluding tert-OH is 1. The van der Waals surface area contributed by atoms with Crippen LogP contribution in [-0.4, -0.2) is 47.5 Å². The third-order valence-corrected chi connectivity index (χ3v) is 5.24. The van der Waals surface area contributed by atoms with E-state index in [2.05, 4.69) is 5.32 Å². The average molecular weight is 343 g/mol. The van der Waals surface area contributed by atoms with Crippen LogP contribution in [0.25, 0.3) is 0 Å². The fourth-order valence-corrected chi connectivity index (χ4v) is 3.45. The van der Waals surface area contributed by atoms with Gasteiger partial charge in [-0.05, 0) is 49.9 Å². The van der Waals surface area contributed by atoms with Gasteiger partial charge in [0, 0.05) is 35.3 Å². The Morgan fingerprint density at radius 1 is 1.41 bits per heavy atom. The average Bonchev–Trinajstić information content (AvgIpc) is 2.53. The highest BCUT2D eigenvalue weighted by Gasteiger charge is 2.25. The van der Waals surface area contributed by atoms with Crippen LogP contribution in [0.3, 0.4) is 0 Å². The highest BCUT2D eigenvalue weighted by atomic mass is 35.5. The number of carbonyl (C=O) groups is 1. The van der Waals surface area contributed by atoms with Gasteiger partial charge in [-0.1, -0.05) is 11.6 Å². The minimum atomic E-state index is -0.277. The maximum absolute atomic E-state index is 12.1. The van der Waals surface area contributed by atoms with Gasteiger partial charge in [0.25, 0.3) is 0 Å². The van der Waals surface area contributed by atoms with Crippen molar-refractivity contribution in [1.29, 1.82) is 0 Å². The second-order valence-electron chi connectivity index (χ2n) is 5.60. The number of nitrogens with zero attached hydrogens (tertiary/aromatic N) is 1. The van der Waals surface area contributed by atoms with Crippen LogP contribution < -0.4 is 5.32 Å². The van der Waals surface area contributed by atoms with E-state index in [1.165, 1.54) is 0 Å². The van der Waals surface area contributed by atoms with E-state index in [1.807, 2.05) is 36.1 Å². The predicted octanol–water partition coefficient (Wildman–Crippen LogP) is 3.23. The topological polar surface area (TPSA) is 52.6 Å². The normalized spacial score (nSPS) is 17.3. The zero-order chi connectivity index (χ0) is 15.9. The molecule has 0 bridgehead atoms. The summed E-state index contributed by atoms with van der Waals surface area (Å²) in [7, 11) is 0. The number of hydrogen-bond acceptors (Lipinski definition) is 3. The van der Waals surface area contributed by atoms with Crippen LogP contribution >= 0.6 is 23.4 Å². The molecule has 2 amide bonds. The molecule has 0 radical (unpaired) electrons. The number of hydrogen-bond donors (Lipinski definition) is 2. The van der Waals surface area contributed by atoms with Crippen molar-refractivity contribution >= 4 is 29.4 Å². The molecule has 1 heterocycles. The molecule has 0 saturated carbocycles. The Morgan fingerprint density at radius 2 is 2.05 bits per heavy atom. The fourth-order valence-electron chi connectivity index (χ4n) is 2.55. The third-order valence-electron chi connectivity index (χ3n) is 3.97. The minimum Gasteiger partial charge on any atom is -0.393 e. The van der Waals surface area contributed by atoms with Crippen LogP contribution in [0.15, 0.2) is 29.2 Å². The quantitative estimate of drug-likeness (QED) is 0.638. The molecular weight excluding hydrogens is 320 g/mol. The van der Waals surface area contributed by atoms with Crippen molar-refractivity contribution in [1.82, 2.24) is 10.2 Å². The number of thioether (sulfide) groups is 1. The molecule has 0 aliphatic carbocycles. The van der Waals surface area contributed by atoms with Gasteiger partial charge in [-0.25, -0.2) is 4.79 Å². The van der Waals surface area contributed by atoms with Gasteiger partial charge >= 0.3 is 6.03 Å². The van der Waals surface area contributed by atoms with Gasteiger partial charge in [0.1, 0.15) is 0 Å². The van der Waals surface area contributed by atoms with Gasteiger partial charge in [0.2, 0.25) is 0 Å². The van der Waals surface area contributed by atoms with Crippen molar-refractivity contribution in [3.8, 4) is 0 Å². The summed E-state index contributed by atoms with van der Waals surface area (Å²) in [5.41, 5.74) is 0. The Hall–Kier alpha value is -0.910. The number of likely N-dealkylation sites (tertiary alicyclic amines) is 1. The molecule has 0 spiro atoms. The van der Waals surface area contributed by atoms with Crippen LogP contribution in [-0.2, 0) is 0 Å². The van der Waals surface area contributed by atoms with Crippen LogP contribution in [0, 0.1) is 5.92 Å². The van der Waals surface area contributed by atoms with Gasteiger partial charge in [-0.2, -0.15) is 0 Å². The third kappa shape index (κ3) is 5.38. The molecule has 1 aliphatic heterocycles. The summed E-state index contributed by atoms with van der Waals surface area (Å²) in [6.45, 7) is 3.92. The fraction of sp³-hybridized carbons (Fsp3) is 0.562. The number of amides is 2. The summed E-state index contributed by atoms with van der Waals surface area (Å²) in [5.74, 6) is 1.15. The largest absolute Gasteiger partial charge is 0.393 e. The van der Waals surface area contributed by atoms with Gasteiger partial charge < -0.3 is 15.3 Å². The SMILES string of the molecule is CC(O)C1CCN(C(=O)NCCSc2ccc(Cl)cc2)CC1. The number of carbonyl (C=O) groups excluding carboxylic acids is 1. The van der Waals surface area contributed by atoms with Crippen LogP contribution in [0.4, 0.5) is 4.79 Å². The van der Waals surface area contributed by atoms with E-state index >= 15 is 0 Å². The highest BCUT2D eigenvalue weighted by molar-refractivity contribution is 7.99. The molecule has 6 heteroatoms. The number of halogens is 1. The molecule has 1 saturated heterocycles. The van der Waals surface area contributed by atoms with E-state index in [1.54, 1.807) is 11.8 Å². The molecular formula is C16H23ClN2O2S. The van der Waals surface area contributed by atoms with Crippen LogP contribution in [0.5, 0.6) is 0 Å². The van der Waals surface area contributed by atoms with Crippen molar-refractivity contribution in [2.45, 2.75) is 30.8 Å². The van der Waals surface area contributed by atoms with E-state index in [9.17, 15) is 9.90 Å². The maximum atomic E-state index is 12.1. The summed E-state index contributed by atoms with van der Waals surface area (Å²) >= 11 is 7.54. The van der Waals surface area contributed by atoms with E-state index < -0.39 is 0 Å². The number of rotatable bonds is 5. The van der Waals surface area contributed by atoms with Crippen molar-refractivity contribution < 1.29 is 9.90 Å². The first kappa shape index (κ1) is 17.4. The predicted molar refractivity (Wildman–Crippen MR) is 91.6 cm³/mol. The number of urea groups is 1. The molecule has 1 aromatic rings. The molecule has 2 rings (SSSR count). The molecule has 1 atom stereocenters. The first-order chi connectivity index (χ1) is 10.6. The highest BCUT2D eigenvalue weighted by Crippen LogP contribution is 2.21. The molecule has 2 N–H and O–H groups in total. The Morgan fingerprint density at radius 3 is 2.64 bits per heavy atom. The molecule has 22 heavy (non-hydrogen) atoms. The summed E-state index contributed by atoms with van der Waals surface area (Å²) in [4.78, 5) is 15.0. The van der Waals surface area contributed by atoms with Gasteiger partial charge in [-0.15, -0.1) is 11.8 Å². The van der Waals surface area contributed by atoms with E-state index in [-0.39, 0.29) is 12.1 Å². The van der Waals surface area contributed by atoms with Crippen LogP contribution in [0.2, 0.25) is 5.02 Å². The maximum Gasteiger partial charge on any atom is 0.317 e. The number of nitrogens with one attached hydrogen (secondary N) is 1. The zero-order valence-corrected chi connectivity index (χ0v) is 14.4. The molecule has 1 aliphatic rings. The molecule has 1 fully saturated rings. The molecule has 0 aromatic heterocycles. The van der Waals surface area contributed by atoms with Gasteiger partial charge in [0.15, 0.2) is 0 Å². The molecule has 4 nitrogen and oxygen atoms in total. The van der Waals surface area contributed by atoms with Crippen molar-refractivity contribution in [3.05, 3.63) is 29.3 Å². The van der Waals surface area contributed by atoms with E-state index in [0.29, 0.717) is 12.5 Å². The first-order valence-electron chi connectivity index (χ1n) is 7.65. The molecule has 122 valence electrons. The summed E-state index contributed by atoms with van der Waals surface area (Å²) < 4.78 is 0. The lowest BCUT2D eigenvalue weighted by atomic mass is 9.92. The monoisotopic (exact) mass is 342 g/mol. The second-order valence-corrected chi connectivity index (χ2v) is 7.20. The first-order valence-corrected chi connectivity index (χ1v) is 9.02. The van der Waals surface area contributed by atoms with Gasteiger partial charge in [-0.3, -0.25) is 0 Å². The van der Waals surface area contributed by atoms with Crippen molar-refractivity contribution in [2.24, 2.45) is 5.92 Å². The van der Waals surface area contributed by atoms with E-state index in [0.717, 1.165) is 41.6 Å².